The molecule has 1 aromatic carbocycles. The number of hydrogen-bond donors (Lipinski definition) is 2. The van der Waals surface area contributed by atoms with Crippen LogP contribution in [0.1, 0.15) is 20.1 Å². The highest BCUT2D eigenvalue weighted by atomic mass is 32.1. The summed E-state index contributed by atoms with van der Waals surface area (Å²) >= 11 is 1.29. The molecule has 0 atom stereocenters. The molecule has 1 heterocycles. The third kappa shape index (κ3) is 3.46. The molecular weight excluding hydrogens is 290 g/mol. The van der Waals surface area contributed by atoms with Crippen LogP contribution in [0.15, 0.2) is 24.3 Å². The lowest BCUT2D eigenvalue weighted by molar-refractivity contribution is 0.0702. The molecule has 21 heavy (non-hydrogen) atoms. The lowest BCUT2D eigenvalue weighted by Crippen LogP contribution is -1.99. The second-order valence-corrected chi connectivity index (χ2v) is 5.58. The fraction of sp³-hybridized carbons (Fsp3) is 0.267. The number of aryl methyl sites for hydroxylation is 1. The number of methoxy groups -OCH3 is 2. The molecule has 2 N–H and O–H groups in total. The summed E-state index contributed by atoms with van der Waals surface area (Å²) in [6.45, 7) is 2.48. The van der Waals surface area contributed by atoms with Crippen LogP contribution in [0.5, 0.6) is 11.5 Å². The average Bonchev–Trinajstić information content (AvgIpc) is 2.86. The summed E-state index contributed by atoms with van der Waals surface area (Å²) in [5.74, 6) is 0.431. The average molecular weight is 307 g/mol. The molecular formula is C15H17NO4S. The minimum Gasteiger partial charge on any atom is -0.493 e. The number of benzene rings is 1. The van der Waals surface area contributed by atoms with Crippen LogP contribution < -0.4 is 14.8 Å². The van der Waals surface area contributed by atoms with Crippen molar-refractivity contribution in [1.82, 2.24) is 0 Å². The summed E-state index contributed by atoms with van der Waals surface area (Å²) in [4.78, 5) is 12.3. The Kier molecular flexibility index (Phi) is 4.70. The van der Waals surface area contributed by atoms with Crippen molar-refractivity contribution in [3.63, 3.8) is 0 Å². The molecule has 0 saturated carbocycles. The number of hydrogen-bond acceptors (Lipinski definition) is 5. The first-order valence-electron chi connectivity index (χ1n) is 6.33. The van der Waals surface area contributed by atoms with Crippen LogP contribution in [0.4, 0.5) is 5.69 Å². The number of anilines is 1. The van der Waals surface area contributed by atoms with Crippen LogP contribution in [-0.4, -0.2) is 25.3 Å². The fourth-order valence-electron chi connectivity index (χ4n) is 1.93. The van der Waals surface area contributed by atoms with Gasteiger partial charge in [0.2, 0.25) is 0 Å². The van der Waals surface area contributed by atoms with Gasteiger partial charge in [-0.2, -0.15) is 0 Å². The Labute approximate surface area is 127 Å². The molecule has 2 rings (SSSR count). The summed E-state index contributed by atoms with van der Waals surface area (Å²) in [5.41, 5.74) is 1.86. The van der Waals surface area contributed by atoms with Crippen LogP contribution >= 0.6 is 11.3 Å². The van der Waals surface area contributed by atoms with Gasteiger partial charge in [0.05, 0.1) is 14.2 Å². The topological polar surface area (TPSA) is 67.8 Å². The smallest absolute Gasteiger partial charge is 0.345 e. The van der Waals surface area contributed by atoms with Crippen LogP contribution in [0, 0.1) is 6.92 Å². The van der Waals surface area contributed by atoms with E-state index in [1.54, 1.807) is 20.3 Å². The Morgan fingerprint density at radius 1 is 1.24 bits per heavy atom. The summed E-state index contributed by atoms with van der Waals surface area (Å²) in [6, 6.07) is 7.26. The number of ether oxygens (including phenoxy) is 2. The second kappa shape index (κ2) is 6.49. The van der Waals surface area contributed by atoms with Crippen LogP contribution in [-0.2, 0) is 6.54 Å². The maximum Gasteiger partial charge on any atom is 0.345 e. The maximum atomic E-state index is 11.0. The zero-order valence-corrected chi connectivity index (χ0v) is 12.9. The van der Waals surface area contributed by atoms with Gasteiger partial charge < -0.3 is 19.9 Å². The number of carbonyl (C=O) groups is 1. The molecule has 0 aliphatic rings. The first-order valence-corrected chi connectivity index (χ1v) is 7.15. The minimum absolute atomic E-state index is 0.358. The Balaban J connectivity index is 2.11. The lowest BCUT2D eigenvalue weighted by atomic mass is 10.2. The fourth-order valence-corrected chi connectivity index (χ4v) is 2.88. The predicted molar refractivity (Wildman–Crippen MR) is 82.9 cm³/mol. The third-order valence-electron chi connectivity index (χ3n) is 3.07. The molecule has 1 aromatic heterocycles. The van der Waals surface area contributed by atoms with Crippen LogP contribution in [0.2, 0.25) is 0 Å². The predicted octanol–water partition coefficient (Wildman–Crippen LogP) is 3.38. The molecule has 0 aliphatic carbocycles. The van der Waals surface area contributed by atoms with Gasteiger partial charge in [-0.15, -0.1) is 11.3 Å². The Hall–Kier alpha value is -2.21. The first-order chi connectivity index (χ1) is 10.0. The van der Waals surface area contributed by atoms with Crippen molar-refractivity contribution in [2.45, 2.75) is 13.5 Å². The standard InChI is InChI=1S/C15H17NO4S/c1-9-6-13(15(17)18)21-14(9)8-16-10-4-5-11(19-2)12(7-10)20-3/h4-7,16H,8H2,1-3H3,(H,17,18). The molecule has 6 heteroatoms. The molecule has 0 unspecified atom stereocenters. The first kappa shape index (κ1) is 15.2. The van der Waals surface area contributed by atoms with E-state index in [1.807, 2.05) is 25.1 Å². The molecule has 2 aromatic rings. The van der Waals surface area contributed by atoms with Gasteiger partial charge >= 0.3 is 5.97 Å². The van der Waals surface area contributed by atoms with Gasteiger partial charge in [-0.3, -0.25) is 0 Å². The Morgan fingerprint density at radius 3 is 2.52 bits per heavy atom. The number of rotatable bonds is 6. The van der Waals surface area contributed by atoms with E-state index in [0.717, 1.165) is 16.1 Å². The zero-order valence-electron chi connectivity index (χ0n) is 12.1. The molecule has 112 valence electrons. The van der Waals surface area contributed by atoms with Crippen LogP contribution in [0.3, 0.4) is 0 Å². The Morgan fingerprint density at radius 2 is 1.95 bits per heavy atom. The molecule has 0 radical (unpaired) electrons. The minimum atomic E-state index is -0.888. The van der Waals surface area contributed by atoms with E-state index < -0.39 is 5.97 Å². The van der Waals surface area contributed by atoms with Gasteiger partial charge in [-0.05, 0) is 30.7 Å². The highest BCUT2D eigenvalue weighted by molar-refractivity contribution is 7.14. The van der Waals surface area contributed by atoms with Gasteiger partial charge in [0.15, 0.2) is 11.5 Å². The van der Waals surface area contributed by atoms with E-state index in [-0.39, 0.29) is 0 Å². The number of thiophene rings is 1. The molecule has 0 amide bonds. The number of nitrogens with one attached hydrogen (secondary N) is 1. The highest BCUT2D eigenvalue weighted by Crippen LogP contribution is 2.30. The number of aromatic carboxylic acids is 1. The van der Waals surface area contributed by atoms with Crippen molar-refractivity contribution in [3.05, 3.63) is 39.6 Å². The number of carboxylic acid groups (broad SMARTS) is 1. The van der Waals surface area contributed by atoms with Gasteiger partial charge in [0.25, 0.3) is 0 Å². The van der Waals surface area contributed by atoms with Crippen molar-refractivity contribution < 1.29 is 19.4 Å². The van der Waals surface area contributed by atoms with Crippen molar-refractivity contribution in [1.29, 1.82) is 0 Å². The molecule has 0 aliphatic heterocycles. The van der Waals surface area contributed by atoms with Crippen LogP contribution in [0.25, 0.3) is 0 Å². The van der Waals surface area contributed by atoms with E-state index >= 15 is 0 Å². The van der Waals surface area contributed by atoms with E-state index in [1.165, 1.54) is 11.3 Å². The molecule has 0 spiro atoms. The van der Waals surface area contributed by atoms with Crippen molar-refractivity contribution in [2.75, 3.05) is 19.5 Å². The van der Waals surface area contributed by atoms with Gasteiger partial charge in [0, 0.05) is 23.2 Å². The number of carboxylic acids is 1. The highest BCUT2D eigenvalue weighted by Gasteiger charge is 2.11. The maximum absolute atomic E-state index is 11.0. The van der Waals surface area contributed by atoms with E-state index in [4.69, 9.17) is 14.6 Å². The van der Waals surface area contributed by atoms with Crippen molar-refractivity contribution in [2.24, 2.45) is 0 Å². The second-order valence-electron chi connectivity index (χ2n) is 4.45. The largest absolute Gasteiger partial charge is 0.493 e. The molecule has 0 bridgehead atoms. The summed E-state index contributed by atoms with van der Waals surface area (Å²) in [5, 5.41) is 12.3. The zero-order chi connectivity index (χ0) is 15.4. The van der Waals surface area contributed by atoms with Crippen molar-refractivity contribution in [3.8, 4) is 11.5 Å². The monoisotopic (exact) mass is 307 g/mol. The molecule has 5 nitrogen and oxygen atoms in total. The third-order valence-corrected chi connectivity index (χ3v) is 4.29. The Bertz CT molecular complexity index is 651. The van der Waals surface area contributed by atoms with E-state index in [2.05, 4.69) is 5.32 Å². The summed E-state index contributed by atoms with van der Waals surface area (Å²) in [7, 11) is 3.18. The lowest BCUT2D eigenvalue weighted by Gasteiger charge is -2.11. The van der Waals surface area contributed by atoms with E-state index in [0.29, 0.717) is 22.9 Å². The normalized spacial score (nSPS) is 10.2. The van der Waals surface area contributed by atoms with Gasteiger partial charge in [-0.1, -0.05) is 0 Å². The quantitative estimate of drug-likeness (QED) is 0.856. The SMILES string of the molecule is COc1ccc(NCc2sc(C(=O)O)cc2C)cc1OC. The molecule has 0 saturated heterocycles. The van der Waals surface area contributed by atoms with Gasteiger partial charge in [-0.25, -0.2) is 4.79 Å². The van der Waals surface area contributed by atoms with Crippen molar-refractivity contribution >= 4 is 23.0 Å². The van der Waals surface area contributed by atoms with Gasteiger partial charge in [0.1, 0.15) is 4.88 Å². The van der Waals surface area contributed by atoms with E-state index in [9.17, 15) is 4.79 Å². The molecule has 0 fully saturated rings. The summed E-state index contributed by atoms with van der Waals surface area (Å²) in [6.07, 6.45) is 0. The summed E-state index contributed by atoms with van der Waals surface area (Å²) < 4.78 is 10.4.